The zero-order chi connectivity index (χ0) is 10.0. The molecule has 1 saturated carbocycles. The third-order valence-electron chi connectivity index (χ3n) is 3.75. The van der Waals surface area contributed by atoms with Crippen molar-refractivity contribution in [2.45, 2.75) is 44.2 Å². The normalized spacial score (nSPS) is 32.6. The van der Waals surface area contributed by atoms with E-state index in [2.05, 4.69) is 11.8 Å². The minimum absolute atomic E-state index is 0.179. The highest BCUT2D eigenvalue weighted by Gasteiger charge is 2.33. The molecule has 2 rings (SSSR count). The summed E-state index contributed by atoms with van der Waals surface area (Å²) in [6, 6.07) is 0.576. The predicted octanol–water partition coefficient (Wildman–Crippen LogP) is 0.979. The molecule has 0 aromatic heterocycles. The van der Waals surface area contributed by atoms with Crippen LogP contribution in [0.4, 0.5) is 0 Å². The topological polar surface area (TPSA) is 38.5 Å². The fourth-order valence-electron chi connectivity index (χ4n) is 2.34. The lowest BCUT2D eigenvalue weighted by atomic mass is 9.75. The third-order valence-corrected chi connectivity index (χ3v) is 3.75. The summed E-state index contributed by atoms with van der Waals surface area (Å²) in [5, 5.41) is 0. The second-order valence-corrected chi connectivity index (χ2v) is 4.93. The summed E-state index contributed by atoms with van der Waals surface area (Å²) >= 11 is 0. The fourth-order valence-corrected chi connectivity index (χ4v) is 2.34. The van der Waals surface area contributed by atoms with Crippen molar-refractivity contribution in [3.8, 4) is 0 Å². The number of morpholine rings is 1. The molecule has 2 aliphatic rings. The maximum Gasteiger partial charge on any atom is 0.0619 e. The highest BCUT2D eigenvalue weighted by Crippen LogP contribution is 2.32. The summed E-state index contributed by atoms with van der Waals surface area (Å²) in [5.74, 6) is 0. The van der Waals surface area contributed by atoms with E-state index in [4.69, 9.17) is 10.5 Å². The average molecular weight is 198 g/mol. The van der Waals surface area contributed by atoms with Crippen LogP contribution in [0, 0.1) is 0 Å². The summed E-state index contributed by atoms with van der Waals surface area (Å²) in [6.07, 6.45) is 4.95. The van der Waals surface area contributed by atoms with Crippen molar-refractivity contribution in [2.24, 2.45) is 5.73 Å². The molecule has 14 heavy (non-hydrogen) atoms. The van der Waals surface area contributed by atoms with Crippen LogP contribution in [0.1, 0.15) is 32.6 Å². The predicted molar refractivity (Wildman–Crippen MR) is 57.2 cm³/mol. The Hall–Kier alpha value is -0.120. The van der Waals surface area contributed by atoms with Crippen LogP contribution in [0.3, 0.4) is 0 Å². The van der Waals surface area contributed by atoms with Gasteiger partial charge in [0.2, 0.25) is 0 Å². The fraction of sp³-hybridized carbons (Fsp3) is 1.00. The molecule has 1 unspecified atom stereocenters. The van der Waals surface area contributed by atoms with Gasteiger partial charge in [-0.2, -0.15) is 0 Å². The molecular formula is C11H22N2O. The second-order valence-electron chi connectivity index (χ2n) is 4.93. The molecule has 1 atom stereocenters. The van der Waals surface area contributed by atoms with Crippen molar-refractivity contribution in [2.75, 3.05) is 26.3 Å². The van der Waals surface area contributed by atoms with Crippen molar-refractivity contribution in [3.63, 3.8) is 0 Å². The van der Waals surface area contributed by atoms with Gasteiger partial charge in [-0.1, -0.05) is 0 Å². The maximum absolute atomic E-state index is 6.21. The summed E-state index contributed by atoms with van der Waals surface area (Å²) in [7, 11) is 0. The Labute approximate surface area is 86.6 Å². The van der Waals surface area contributed by atoms with Gasteiger partial charge in [0.05, 0.1) is 13.2 Å². The van der Waals surface area contributed by atoms with Gasteiger partial charge in [-0.15, -0.1) is 0 Å². The Morgan fingerprint density at radius 2 is 2.29 bits per heavy atom. The van der Waals surface area contributed by atoms with Crippen LogP contribution in [-0.2, 0) is 4.74 Å². The Morgan fingerprint density at radius 3 is 2.86 bits per heavy atom. The van der Waals surface area contributed by atoms with Gasteiger partial charge in [0.15, 0.2) is 0 Å². The highest BCUT2D eigenvalue weighted by molar-refractivity contribution is 4.93. The van der Waals surface area contributed by atoms with Crippen LogP contribution in [0.2, 0.25) is 0 Å². The molecule has 3 nitrogen and oxygen atoms in total. The highest BCUT2D eigenvalue weighted by atomic mass is 16.5. The van der Waals surface area contributed by atoms with Crippen molar-refractivity contribution >= 4 is 0 Å². The van der Waals surface area contributed by atoms with Gasteiger partial charge < -0.3 is 10.5 Å². The smallest absolute Gasteiger partial charge is 0.0619 e. The first-order valence-electron chi connectivity index (χ1n) is 5.80. The second kappa shape index (κ2) is 4.17. The molecule has 2 N–H and O–H groups in total. The molecule has 1 aliphatic heterocycles. The molecule has 0 bridgehead atoms. The molecule has 82 valence electrons. The zero-order valence-corrected chi connectivity index (χ0v) is 9.17. The Morgan fingerprint density at radius 1 is 1.50 bits per heavy atom. The molecule has 2 fully saturated rings. The maximum atomic E-state index is 6.21. The van der Waals surface area contributed by atoms with E-state index in [-0.39, 0.29) is 5.54 Å². The van der Waals surface area contributed by atoms with E-state index in [1.165, 1.54) is 19.3 Å². The third kappa shape index (κ3) is 2.27. The van der Waals surface area contributed by atoms with E-state index in [0.29, 0.717) is 6.04 Å². The molecule has 1 saturated heterocycles. The summed E-state index contributed by atoms with van der Waals surface area (Å²) < 4.78 is 5.41. The molecule has 1 heterocycles. The minimum atomic E-state index is 0.179. The van der Waals surface area contributed by atoms with Crippen LogP contribution in [0.25, 0.3) is 0 Å². The number of rotatable bonds is 3. The average Bonchev–Trinajstić information content (AvgIpc) is 2.14. The number of nitrogens with two attached hydrogens (primary N) is 1. The Balaban J connectivity index is 1.73. The Kier molecular flexibility index (Phi) is 3.10. The van der Waals surface area contributed by atoms with Gasteiger partial charge in [0.25, 0.3) is 0 Å². The van der Waals surface area contributed by atoms with Crippen molar-refractivity contribution in [1.29, 1.82) is 0 Å². The summed E-state index contributed by atoms with van der Waals surface area (Å²) in [4.78, 5) is 2.51. The van der Waals surface area contributed by atoms with E-state index in [9.17, 15) is 0 Å². The lowest BCUT2D eigenvalue weighted by molar-refractivity contribution is -0.00546. The van der Waals surface area contributed by atoms with E-state index in [1.54, 1.807) is 0 Å². The molecular weight excluding hydrogens is 176 g/mol. The van der Waals surface area contributed by atoms with E-state index < -0.39 is 0 Å². The largest absolute Gasteiger partial charge is 0.379 e. The number of ether oxygens (including phenoxy) is 1. The van der Waals surface area contributed by atoms with Crippen LogP contribution < -0.4 is 5.73 Å². The molecule has 0 amide bonds. The Bertz CT molecular complexity index is 192. The van der Waals surface area contributed by atoms with E-state index in [1.807, 2.05) is 0 Å². The molecule has 0 radical (unpaired) electrons. The molecule has 3 heteroatoms. The first-order valence-corrected chi connectivity index (χ1v) is 5.80. The quantitative estimate of drug-likeness (QED) is 0.734. The van der Waals surface area contributed by atoms with Crippen LogP contribution in [0.15, 0.2) is 0 Å². The number of hydrogen-bond acceptors (Lipinski definition) is 3. The number of hydrogen-bond donors (Lipinski definition) is 1. The molecule has 0 spiro atoms. The molecule has 1 aliphatic carbocycles. The minimum Gasteiger partial charge on any atom is -0.379 e. The van der Waals surface area contributed by atoms with Crippen molar-refractivity contribution in [3.05, 3.63) is 0 Å². The van der Waals surface area contributed by atoms with Crippen molar-refractivity contribution in [1.82, 2.24) is 4.90 Å². The van der Waals surface area contributed by atoms with Gasteiger partial charge in [-0.3, -0.25) is 4.90 Å². The monoisotopic (exact) mass is 198 g/mol. The van der Waals surface area contributed by atoms with E-state index >= 15 is 0 Å². The standard InChI is InChI=1S/C11H22N2O/c1-10-9-14-8-7-13(10)6-5-11(12)3-2-4-11/h10H,2-9,12H2,1H3. The SMILES string of the molecule is CC1COCCN1CCC1(N)CCC1. The van der Waals surface area contributed by atoms with Gasteiger partial charge >= 0.3 is 0 Å². The summed E-state index contributed by atoms with van der Waals surface area (Å²) in [6.45, 7) is 6.25. The van der Waals surface area contributed by atoms with Gasteiger partial charge in [0, 0.05) is 24.7 Å². The van der Waals surface area contributed by atoms with Crippen LogP contribution in [0.5, 0.6) is 0 Å². The lowest BCUT2D eigenvalue weighted by Crippen LogP contribution is -2.51. The lowest BCUT2D eigenvalue weighted by Gasteiger charge is -2.41. The van der Waals surface area contributed by atoms with Crippen LogP contribution in [-0.4, -0.2) is 42.8 Å². The molecule has 0 aromatic rings. The first kappa shape index (κ1) is 10.4. The van der Waals surface area contributed by atoms with Gasteiger partial charge in [-0.25, -0.2) is 0 Å². The zero-order valence-electron chi connectivity index (χ0n) is 9.17. The van der Waals surface area contributed by atoms with Gasteiger partial charge in [0.1, 0.15) is 0 Å². The van der Waals surface area contributed by atoms with Gasteiger partial charge in [-0.05, 0) is 32.6 Å². The van der Waals surface area contributed by atoms with E-state index in [0.717, 1.165) is 32.7 Å². The number of nitrogens with zero attached hydrogens (tertiary/aromatic N) is 1. The van der Waals surface area contributed by atoms with Crippen molar-refractivity contribution < 1.29 is 4.74 Å². The molecule has 0 aromatic carbocycles. The van der Waals surface area contributed by atoms with Crippen LogP contribution >= 0.6 is 0 Å². The summed E-state index contributed by atoms with van der Waals surface area (Å²) in [5.41, 5.74) is 6.39. The first-order chi connectivity index (χ1) is 6.70.